The molecule has 2 rings (SSSR count). The van der Waals surface area contributed by atoms with Gasteiger partial charge in [-0.3, -0.25) is 9.69 Å². The number of hydrogen-bond acceptors (Lipinski definition) is 4. The highest BCUT2D eigenvalue weighted by Crippen LogP contribution is 2.15. The Morgan fingerprint density at radius 1 is 1.47 bits per heavy atom. The van der Waals surface area contributed by atoms with Crippen LogP contribution in [0.15, 0.2) is 24.3 Å². The number of benzene rings is 1. The zero-order valence-electron chi connectivity index (χ0n) is 11.3. The number of rotatable bonds is 5. The Hall–Kier alpha value is -1.59. The van der Waals surface area contributed by atoms with Gasteiger partial charge < -0.3 is 15.8 Å². The first-order chi connectivity index (χ1) is 9.17. The third-order valence-corrected chi connectivity index (χ3v) is 3.13. The lowest BCUT2D eigenvalue weighted by atomic mass is 10.3. The zero-order valence-corrected chi connectivity index (χ0v) is 11.3. The van der Waals surface area contributed by atoms with Crippen molar-refractivity contribution in [1.29, 1.82) is 0 Å². The molecule has 0 radical (unpaired) electrons. The smallest absolute Gasteiger partial charge is 0.238 e. The van der Waals surface area contributed by atoms with Crippen LogP contribution in [0.4, 0.5) is 5.69 Å². The fourth-order valence-corrected chi connectivity index (χ4v) is 2.21. The summed E-state index contributed by atoms with van der Waals surface area (Å²) in [6, 6.07) is 7.60. The minimum atomic E-state index is -0.00161. The van der Waals surface area contributed by atoms with E-state index in [9.17, 15) is 4.79 Å². The standard InChI is InChI=1S/C14H21N3O2/c1-2-19-13-5-3-12(4-6-13)16-14(18)10-17-8-7-11(15)9-17/h3-6,11H,2,7-10,15H2,1H3,(H,16,18). The fourth-order valence-electron chi connectivity index (χ4n) is 2.21. The average molecular weight is 263 g/mol. The number of carbonyl (C=O) groups excluding carboxylic acids is 1. The quantitative estimate of drug-likeness (QED) is 0.833. The van der Waals surface area contributed by atoms with Crippen LogP contribution in [0.1, 0.15) is 13.3 Å². The van der Waals surface area contributed by atoms with Crippen LogP contribution in [0.5, 0.6) is 5.75 Å². The molecule has 5 heteroatoms. The van der Waals surface area contributed by atoms with Gasteiger partial charge in [0.15, 0.2) is 0 Å². The van der Waals surface area contributed by atoms with Crippen molar-refractivity contribution in [3.05, 3.63) is 24.3 Å². The van der Waals surface area contributed by atoms with Crippen molar-refractivity contribution in [2.24, 2.45) is 5.73 Å². The summed E-state index contributed by atoms with van der Waals surface area (Å²) in [6.07, 6.45) is 0.969. The molecule has 5 nitrogen and oxygen atoms in total. The van der Waals surface area contributed by atoms with E-state index in [0.29, 0.717) is 13.2 Å². The molecule has 1 atom stereocenters. The highest BCUT2D eigenvalue weighted by molar-refractivity contribution is 5.92. The molecule has 1 aromatic carbocycles. The molecule has 1 amide bonds. The second kappa shape index (κ2) is 6.54. The van der Waals surface area contributed by atoms with Gasteiger partial charge in [0.25, 0.3) is 0 Å². The number of anilines is 1. The van der Waals surface area contributed by atoms with Crippen molar-refractivity contribution in [2.75, 3.05) is 31.6 Å². The van der Waals surface area contributed by atoms with E-state index in [1.165, 1.54) is 0 Å². The summed E-state index contributed by atoms with van der Waals surface area (Å²) in [4.78, 5) is 13.9. The first-order valence-corrected chi connectivity index (χ1v) is 6.68. The number of likely N-dealkylation sites (tertiary alicyclic amines) is 1. The molecule has 0 bridgehead atoms. The summed E-state index contributed by atoms with van der Waals surface area (Å²) in [5.74, 6) is 0.810. The third-order valence-electron chi connectivity index (χ3n) is 3.13. The third kappa shape index (κ3) is 4.22. The van der Waals surface area contributed by atoms with E-state index in [-0.39, 0.29) is 11.9 Å². The van der Waals surface area contributed by atoms with Crippen molar-refractivity contribution in [3.63, 3.8) is 0 Å². The molecular weight excluding hydrogens is 242 g/mol. The van der Waals surface area contributed by atoms with E-state index >= 15 is 0 Å². The van der Waals surface area contributed by atoms with Gasteiger partial charge in [0.05, 0.1) is 13.2 Å². The van der Waals surface area contributed by atoms with Crippen LogP contribution in [-0.2, 0) is 4.79 Å². The van der Waals surface area contributed by atoms with Crippen molar-refractivity contribution < 1.29 is 9.53 Å². The molecule has 0 spiro atoms. The van der Waals surface area contributed by atoms with E-state index in [2.05, 4.69) is 10.2 Å². The molecule has 104 valence electrons. The summed E-state index contributed by atoms with van der Waals surface area (Å²) >= 11 is 0. The highest BCUT2D eigenvalue weighted by Gasteiger charge is 2.20. The molecule has 0 aromatic heterocycles. The molecule has 1 aliphatic rings. The Labute approximate surface area is 113 Å². The lowest BCUT2D eigenvalue weighted by Crippen LogP contribution is -2.33. The van der Waals surface area contributed by atoms with Crippen LogP contribution < -0.4 is 15.8 Å². The Balaban J connectivity index is 1.81. The molecule has 1 aliphatic heterocycles. The Morgan fingerprint density at radius 3 is 2.79 bits per heavy atom. The molecule has 3 N–H and O–H groups in total. The molecule has 1 fully saturated rings. The maximum Gasteiger partial charge on any atom is 0.238 e. The monoisotopic (exact) mass is 263 g/mol. The van der Waals surface area contributed by atoms with Gasteiger partial charge >= 0.3 is 0 Å². The topological polar surface area (TPSA) is 67.6 Å². The fraction of sp³-hybridized carbons (Fsp3) is 0.500. The highest BCUT2D eigenvalue weighted by atomic mass is 16.5. The summed E-state index contributed by atoms with van der Waals surface area (Å²) in [5.41, 5.74) is 6.60. The van der Waals surface area contributed by atoms with Crippen molar-refractivity contribution >= 4 is 11.6 Å². The predicted octanol–water partition coefficient (Wildman–Crippen LogP) is 1.06. The molecule has 0 saturated carbocycles. The van der Waals surface area contributed by atoms with Crippen LogP contribution in [0, 0.1) is 0 Å². The molecule has 1 unspecified atom stereocenters. The van der Waals surface area contributed by atoms with E-state index in [4.69, 9.17) is 10.5 Å². The van der Waals surface area contributed by atoms with Crippen LogP contribution in [-0.4, -0.2) is 43.1 Å². The minimum absolute atomic E-state index is 0.00161. The molecular formula is C14H21N3O2. The van der Waals surface area contributed by atoms with Crippen LogP contribution in [0.2, 0.25) is 0 Å². The average Bonchev–Trinajstić information content (AvgIpc) is 2.77. The number of carbonyl (C=O) groups is 1. The molecule has 19 heavy (non-hydrogen) atoms. The Bertz CT molecular complexity index is 419. The first kappa shape index (κ1) is 13.8. The van der Waals surface area contributed by atoms with Gasteiger partial charge in [0.1, 0.15) is 5.75 Å². The summed E-state index contributed by atoms with van der Waals surface area (Å²) in [7, 11) is 0. The lowest BCUT2D eigenvalue weighted by Gasteiger charge is -2.14. The van der Waals surface area contributed by atoms with Gasteiger partial charge in [-0.25, -0.2) is 0 Å². The molecule has 1 aromatic rings. The van der Waals surface area contributed by atoms with Crippen LogP contribution in [0.25, 0.3) is 0 Å². The van der Waals surface area contributed by atoms with E-state index in [0.717, 1.165) is 30.9 Å². The van der Waals surface area contributed by atoms with Gasteiger partial charge in [-0.2, -0.15) is 0 Å². The maximum absolute atomic E-state index is 11.9. The predicted molar refractivity (Wildman–Crippen MR) is 75.3 cm³/mol. The van der Waals surface area contributed by atoms with Gasteiger partial charge in [0, 0.05) is 24.8 Å². The SMILES string of the molecule is CCOc1ccc(NC(=O)CN2CCC(N)C2)cc1. The van der Waals surface area contributed by atoms with Crippen molar-refractivity contribution in [3.8, 4) is 5.75 Å². The van der Waals surface area contributed by atoms with E-state index in [1.54, 1.807) is 0 Å². The maximum atomic E-state index is 11.9. The molecule has 1 saturated heterocycles. The minimum Gasteiger partial charge on any atom is -0.494 e. The number of hydrogen-bond donors (Lipinski definition) is 2. The normalized spacial score (nSPS) is 19.4. The van der Waals surface area contributed by atoms with Crippen LogP contribution in [0.3, 0.4) is 0 Å². The lowest BCUT2D eigenvalue weighted by molar-refractivity contribution is -0.117. The summed E-state index contributed by atoms with van der Waals surface area (Å²) in [5, 5.41) is 2.88. The molecule has 0 aliphatic carbocycles. The number of nitrogens with two attached hydrogens (primary N) is 1. The number of nitrogens with zero attached hydrogens (tertiary/aromatic N) is 1. The largest absolute Gasteiger partial charge is 0.494 e. The van der Waals surface area contributed by atoms with Crippen molar-refractivity contribution in [2.45, 2.75) is 19.4 Å². The van der Waals surface area contributed by atoms with Gasteiger partial charge in [-0.1, -0.05) is 0 Å². The van der Waals surface area contributed by atoms with E-state index in [1.807, 2.05) is 31.2 Å². The summed E-state index contributed by atoms with van der Waals surface area (Å²) in [6.45, 7) is 4.69. The van der Waals surface area contributed by atoms with Crippen molar-refractivity contribution in [1.82, 2.24) is 4.90 Å². The number of amides is 1. The molecule has 1 heterocycles. The van der Waals surface area contributed by atoms with Gasteiger partial charge in [-0.05, 0) is 37.6 Å². The second-order valence-electron chi connectivity index (χ2n) is 4.79. The second-order valence-corrected chi connectivity index (χ2v) is 4.79. The number of nitrogens with one attached hydrogen (secondary N) is 1. The Kier molecular flexibility index (Phi) is 4.76. The Morgan fingerprint density at radius 2 is 2.21 bits per heavy atom. The van der Waals surface area contributed by atoms with Gasteiger partial charge in [0.2, 0.25) is 5.91 Å². The van der Waals surface area contributed by atoms with Gasteiger partial charge in [-0.15, -0.1) is 0 Å². The number of ether oxygens (including phenoxy) is 1. The first-order valence-electron chi connectivity index (χ1n) is 6.68. The zero-order chi connectivity index (χ0) is 13.7. The summed E-state index contributed by atoms with van der Waals surface area (Å²) < 4.78 is 5.35. The van der Waals surface area contributed by atoms with Crippen LogP contribution >= 0.6 is 0 Å². The van der Waals surface area contributed by atoms with E-state index < -0.39 is 0 Å².